The van der Waals surface area contributed by atoms with Crippen molar-refractivity contribution in [1.82, 2.24) is 10.0 Å². The fraction of sp³-hybridized carbons (Fsp3) is 0.720. The van der Waals surface area contributed by atoms with Crippen molar-refractivity contribution in [2.45, 2.75) is 110 Å². The Balaban J connectivity index is 2.22. The zero-order valence-electron chi connectivity index (χ0n) is 20.7. The van der Waals surface area contributed by atoms with E-state index in [1.54, 1.807) is 24.3 Å². The zero-order chi connectivity index (χ0) is 24.5. The van der Waals surface area contributed by atoms with E-state index in [-0.39, 0.29) is 0 Å². The molecule has 7 nitrogen and oxygen atoms in total. The first kappa shape index (κ1) is 29.4. The van der Waals surface area contributed by atoms with Gasteiger partial charge in [0.15, 0.2) is 0 Å². The van der Waals surface area contributed by atoms with E-state index in [0.717, 1.165) is 24.8 Å². The van der Waals surface area contributed by atoms with Gasteiger partial charge in [-0.05, 0) is 32.4 Å². The Morgan fingerprint density at radius 3 is 1.85 bits per heavy atom. The number of hydrogen-bond donors (Lipinski definition) is 4. The van der Waals surface area contributed by atoms with Gasteiger partial charge in [0.25, 0.3) is 10.2 Å². The minimum absolute atomic E-state index is 0.384. The molecule has 0 aliphatic heterocycles. The highest BCUT2D eigenvalue weighted by Crippen LogP contribution is 2.12. The Bertz CT molecular complexity index is 751. The highest BCUT2D eigenvalue weighted by molar-refractivity contribution is 7.90. The van der Waals surface area contributed by atoms with Crippen LogP contribution in [0.5, 0.6) is 0 Å². The number of unbranched alkanes of at least 4 members (excludes halogenated alkanes) is 11. The van der Waals surface area contributed by atoms with Gasteiger partial charge >= 0.3 is 0 Å². The summed E-state index contributed by atoms with van der Waals surface area (Å²) in [4.78, 5) is 12.4. The number of carbonyl (C=O) groups excluding carboxylic acids is 1. The number of hydrogen-bond acceptors (Lipinski definition) is 4. The van der Waals surface area contributed by atoms with Crippen molar-refractivity contribution < 1.29 is 18.3 Å². The molecule has 1 aromatic carbocycles. The number of anilines is 1. The molecule has 1 aromatic rings. The molecule has 190 valence electrons. The fourth-order valence-corrected chi connectivity index (χ4v) is 4.78. The van der Waals surface area contributed by atoms with Crippen LogP contribution < -0.4 is 14.8 Å². The second-order valence-electron chi connectivity index (χ2n) is 8.99. The van der Waals surface area contributed by atoms with Crippen LogP contribution in [0.25, 0.3) is 0 Å². The molecule has 0 aromatic heterocycles. The van der Waals surface area contributed by atoms with Crippen LogP contribution >= 0.6 is 0 Å². The normalized spacial score (nSPS) is 13.5. The van der Waals surface area contributed by atoms with E-state index < -0.39 is 28.3 Å². The monoisotopic (exact) mass is 483 g/mol. The van der Waals surface area contributed by atoms with Gasteiger partial charge in [0.1, 0.15) is 6.04 Å². The standard InChI is InChI=1S/C25H45N3O4S/c1-4-5-6-7-8-9-10-11-12-13-14-15-20-26-25(30)24(22(3)29)28-33(31,32)27-23-18-16-21(2)17-19-23/h16-19,22,24,27-29H,4-15,20H2,1-3H3,(H,26,30)/t22-,24+/m1/s1. The first-order valence-electron chi connectivity index (χ1n) is 12.6. The molecule has 8 heteroatoms. The number of benzene rings is 1. The number of aryl methyl sites for hydroxylation is 1. The molecule has 0 saturated carbocycles. The summed E-state index contributed by atoms with van der Waals surface area (Å²) >= 11 is 0. The summed E-state index contributed by atoms with van der Waals surface area (Å²) < 4.78 is 29.4. The molecule has 0 radical (unpaired) electrons. The lowest BCUT2D eigenvalue weighted by Crippen LogP contribution is -2.53. The van der Waals surface area contributed by atoms with Gasteiger partial charge in [0, 0.05) is 12.2 Å². The van der Waals surface area contributed by atoms with Crippen LogP contribution in [0.3, 0.4) is 0 Å². The lowest BCUT2D eigenvalue weighted by molar-refractivity contribution is -0.124. The average Bonchev–Trinajstić information content (AvgIpc) is 2.76. The summed E-state index contributed by atoms with van der Waals surface area (Å²) in [5.74, 6) is -0.526. The molecule has 0 fully saturated rings. The maximum atomic E-state index is 12.4. The summed E-state index contributed by atoms with van der Waals surface area (Å²) in [6.45, 7) is 6.00. The summed E-state index contributed by atoms with van der Waals surface area (Å²) in [6.07, 6.45) is 13.7. The molecule has 0 saturated heterocycles. The van der Waals surface area contributed by atoms with E-state index in [2.05, 4.69) is 21.7 Å². The smallest absolute Gasteiger partial charge is 0.299 e. The van der Waals surface area contributed by atoms with Crippen LogP contribution in [-0.2, 0) is 15.0 Å². The molecule has 2 atom stereocenters. The molecule has 0 unspecified atom stereocenters. The van der Waals surface area contributed by atoms with Gasteiger partial charge in [-0.15, -0.1) is 0 Å². The van der Waals surface area contributed by atoms with Gasteiger partial charge in [-0.3, -0.25) is 9.52 Å². The quantitative estimate of drug-likeness (QED) is 0.212. The number of aliphatic hydroxyl groups is 1. The third-order valence-electron chi connectivity index (χ3n) is 5.68. The van der Waals surface area contributed by atoms with Gasteiger partial charge < -0.3 is 10.4 Å². The van der Waals surface area contributed by atoms with E-state index in [0.29, 0.717) is 12.2 Å². The number of carbonyl (C=O) groups is 1. The third kappa shape index (κ3) is 14.3. The van der Waals surface area contributed by atoms with Crippen LogP contribution in [0.15, 0.2) is 24.3 Å². The molecule has 1 rings (SSSR count). The molecular weight excluding hydrogens is 438 g/mol. The predicted octanol–water partition coefficient (Wildman–Crippen LogP) is 4.81. The first-order chi connectivity index (χ1) is 15.7. The topological polar surface area (TPSA) is 108 Å². The minimum Gasteiger partial charge on any atom is -0.391 e. The third-order valence-corrected chi connectivity index (χ3v) is 6.75. The molecule has 0 heterocycles. The van der Waals surface area contributed by atoms with Gasteiger partial charge in [0.2, 0.25) is 5.91 Å². The summed E-state index contributed by atoms with van der Waals surface area (Å²) in [6, 6.07) is 5.58. The molecule has 4 N–H and O–H groups in total. The van der Waals surface area contributed by atoms with Crippen LogP contribution in [-0.4, -0.2) is 38.1 Å². The zero-order valence-corrected chi connectivity index (χ0v) is 21.6. The van der Waals surface area contributed by atoms with Crippen molar-refractivity contribution in [2.75, 3.05) is 11.3 Å². The summed E-state index contributed by atoms with van der Waals surface area (Å²) in [5, 5.41) is 12.7. The molecule has 0 aliphatic carbocycles. The van der Waals surface area contributed by atoms with E-state index in [4.69, 9.17) is 0 Å². The largest absolute Gasteiger partial charge is 0.391 e. The summed E-state index contributed by atoms with van der Waals surface area (Å²) in [5.41, 5.74) is 1.39. The molecule has 1 amide bonds. The Hall–Kier alpha value is -1.64. The van der Waals surface area contributed by atoms with Crippen LogP contribution in [0.1, 0.15) is 96.5 Å². The maximum absolute atomic E-state index is 12.4. The Kier molecular flexibility index (Phi) is 15.0. The van der Waals surface area contributed by atoms with Crippen molar-refractivity contribution in [3.05, 3.63) is 29.8 Å². The Morgan fingerprint density at radius 2 is 1.36 bits per heavy atom. The van der Waals surface area contributed by atoms with E-state index in [9.17, 15) is 18.3 Å². The van der Waals surface area contributed by atoms with E-state index >= 15 is 0 Å². The van der Waals surface area contributed by atoms with Crippen molar-refractivity contribution in [3.8, 4) is 0 Å². The van der Waals surface area contributed by atoms with Crippen molar-refractivity contribution >= 4 is 21.8 Å². The average molecular weight is 484 g/mol. The van der Waals surface area contributed by atoms with Gasteiger partial charge in [-0.25, -0.2) is 0 Å². The molecule has 0 bridgehead atoms. The number of amides is 1. The fourth-order valence-electron chi connectivity index (χ4n) is 3.63. The lowest BCUT2D eigenvalue weighted by Gasteiger charge is -2.21. The molecule has 33 heavy (non-hydrogen) atoms. The summed E-state index contributed by atoms with van der Waals surface area (Å²) in [7, 11) is -4.01. The van der Waals surface area contributed by atoms with E-state index in [1.165, 1.54) is 64.7 Å². The van der Waals surface area contributed by atoms with Crippen molar-refractivity contribution in [1.29, 1.82) is 0 Å². The Morgan fingerprint density at radius 1 is 0.879 bits per heavy atom. The molecule has 0 aliphatic rings. The van der Waals surface area contributed by atoms with Crippen LogP contribution in [0.4, 0.5) is 5.69 Å². The van der Waals surface area contributed by atoms with Gasteiger partial charge in [-0.2, -0.15) is 13.1 Å². The number of aliphatic hydroxyl groups excluding tert-OH is 1. The van der Waals surface area contributed by atoms with Crippen molar-refractivity contribution in [3.63, 3.8) is 0 Å². The van der Waals surface area contributed by atoms with E-state index in [1.807, 2.05) is 6.92 Å². The number of nitrogens with one attached hydrogen (secondary N) is 3. The van der Waals surface area contributed by atoms with Crippen LogP contribution in [0, 0.1) is 6.92 Å². The first-order valence-corrected chi connectivity index (χ1v) is 14.1. The lowest BCUT2D eigenvalue weighted by atomic mass is 10.1. The maximum Gasteiger partial charge on any atom is 0.299 e. The molecule has 0 spiro atoms. The second kappa shape index (κ2) is 16.9. The molecular formula is C25H45N3O4S. The SMILES string of the molecule is CCCCCCCCCCCCCCNC(=O)[C@@H](NS(=O)(=O)Nc1ccc(C)cc1)[C@@H](C)O. The van der Waals surface area contributed by atoms with Crippen LogP contribution in [0.2, 0.25) is 0 Å². The van der Waals surface area contributed by atoms with Gasteiger partial charge in [-0.1, -0.05) is 95.2 Å². The van der Waals surface area contributed by atoms with Gasteiger partial charge in [0.05, 0.1) is 6.10 Å². The van der Waals surface area contributed by atoms with Crippen molar-refractivity contribution in [2.24, 2.45) is 0 Å². The highest BCUT2D eigenvalue weighted by atomic mass is 32.2. The minimum atomic E-state index is -4.01. The Labute approximate surface area is 201 Å². The highest BCUT2D eigenvalue weighted by Gasteiger charge is 2.28. The number of rotatable bonds is 19. The second-order valence-corrected chi connectivity index (χ2v) is 10.4. The predicted molar refractivity (Wildman–Crippen MR) is 136 cm³/mol.